The first-order valence-corrected chi connectivity index (χ1v) is 28.0. The van der Waals surface area contributed by atoms with E-state index >= 15 is 0 Å². The summed E-state index contributed by atoms with van der Waals surface area (Å²) in [6.45, 7) is 6.39. The van der Waals surface area contributed by atoms with Crippen molar-refractivity contribution in [2.45, 2.75) is 245 Å². The second-order valence-corrected chi connectivity index (χ2v) is 18.1. The van der Waals surface area contributed by atoms with Crippen LogP contribution >= 0.6 is 0 Å². The Hall–Kier alpha value is -4.19. The molecule has 0 fully saturated rings. The number of allylic oxidation sites excluding steroid dienone is 20. The molecule has 0 amide bonds. The van der Waals surface area contributed by atoms with Crippen LogP contribution in [0, 0.1) is 0 Å². The molecule has 0 heterocycles. The number of carbonyl (C=O) groups is 3. The number of esters is 3. The lowest BCUT2D eigenvalue weighted by Crippen LogP contribution is -2.30. The highest BCUT2D eigenvalue weighted by atomic mass is 16.6. The minimum absolute atomic E-state index is 0.126. The average molecular weight is 956 g/mol. The van der Waals surface area contributed by atoms with Gasteiger partial charge in [0.05, 0.1) is 0 Å². The summed E-state index contributed by atoms with van der Waals surface area (Å²) >= 11 is 0. The van der Waals surface area contributed by atoms with Crippen LogP contribution < -0.4 is 0 Å². The zero-order valence-electron chi connectivity index (χ0n) is 44.5. The standard InChI is InChI=1S/C63H102O6/c1-4-7-10-13-16-19-22-25-28-30-31-33-36-39-42-45-48-51-54-57-63(66)69-60(58-67-61(64)55-52-49-46-43-40-37-34-27-24-21-18-15-12-9-6-3)59-68-62(65)56-53-50-47-44-41-38-35-32-29-26-23-20-17-14-11-8-5-2/h8,11,16-17,19-20,25-26,28-29,31,33,35,38-39,42,44,47-48,51,60H,4-7,9-10,12-15,18,21-24,27,30,32,34,36-37,40-41,43,45-46,49-50,52-59H2,1-3H3/b11-8-,19-16-,20-17-,28-25-,29-26-,33-31-,38-35-,42-39-,47-44-,51-48-/t60-/m0/s1. The lowest BCUT2D eigenvalue weighted by Gasteiger charge is -2.18. The Labute approximate surface area is 424 Å². The zero-order valence-corrected chi connectivity index (χ0v) is 44.5. The van der Waals surface area contributed by atoms with E-state index in [0.29, 0.717) is 19.3 Å². The molecule has 0 aliphatic heterocycles. The van der Waals surface area contributed by atoms with E-state index in [4.69, 9.17) is 14.2 Å². The van der Waals surface area contributed by atoms with Gasteiger partial charge in [0.25, 0.3) is 0 Å². The third kappa shape index (κ3) is 54.6. The summed E-state index contributed by atoms with van der Waals surface area (Å²) < 4.78 is 16.7. The van der Waals surface area contributed by atoms with Crippen molar-refractivity contribution >= 4 is 17.9 Å². The SMILES string of the molecule is CC/C=C\C/C=C\C/C=C\C/C=C\C/C=C\CCCC(=O)OC[C@H](COC(=O)CCCCCCCCCCCCCCCCC)OC(=O)CC/C=C\C/C=C\C/C=C\C/C=C\C/C=C\CCCCC. The highest BCUT2D eigenvalue weighted by Gasteiger charge is 2.19. The van der Waals surface area contributed by atoms with E-state index in [0.717, 1.165) is 83.5 Å². The quantitative estimate of drug-likeness (QED) is 0.0262. The highest BCUT2D eigenvalue weighted by molar-refractivity contribution is 5.71. The van der Waals surface area contributed by atoms with Crippen molar-refractivity contribution in [2.24, 2.45) is 0 Å². The summed E-state index contributed by atoms with van der Waals surface area (Å²) in [5, 5.41) is 0. The van der Waals surface area contributed by atoms with Crippen molar-refractivity contribution in [2.75, 3.05) is 13.2 Å². The molecule has 0 bridgehead atoms. The molecule has 390 valence electrons. The maximum Gasteiger partial charge on any atom is 0.306 e. The molecular formula is C63H102O6. The molecular weight excluding hydrogens is 853 g/mol. The van der Waals surface area contributed by atoms with E-state index in [9.17, 15) is 14.4 Å². The molecule has 0 spiro atoms. The van der Waals surface area contributed by atoms with Crippen molar-refractivity contribution in [3.63, 3.8) is 0 Å². The van der Waals surface area contributed by atoms with Gasteiger partial charge in [0.2, 0.25) is 0 Å². The molecule has 0 aliphatic rings. The van der Waals surface area contributed by atoms with Gasteiger partial charge < -0.3 is 14.2 Å². The second-order valence-electron chi connectivity index (χ2n) is 18.1. The molecule has 0 rings (SSSR count). The van der Waals surface area contributed by atoms with Crippen LogP contribution in [0.3, 0.4) is 0 Å². The molecule has 69 heavy (non-hydrogen) atoms. The number of hydrogen-bond acceptors (Lipinski definition) is 6. The van der Waals surface area contributed by atoms with Gasteiger partial charge in [0.15, 0.2) is 6.10 Å². The topological polar surface area (TPSA) is 78.9 Å². The van der Waals surface area contributed by atoms with Gasteiger partial charge in [-0.25, -0.2) is 0 Å². The van der Waals surface area contributed by atoms with E-state index in [1.54, 1.807) is 0 Å². The third-order valence-electron chi connectivity index (χ3n) is 11.5. The number of unbranched alkanes of at least 4 members (excludes halogenated alkanes) is 18. The molecule has 6 heteroatoms. The van der Waals surface area contributed by atoms with Gasteiger partial charge in [-0.3, -0.25) is 14.4 Å². The van der Waals surface area contributed by atoms with Crippen LogP contribution in [0.2, 0.25) is 0 Å². The van der Waals surface area contributed by atoms with Crippen molar-refractivity contribution in [1.29, 1.82) is 0 Å². The summed E-state index contributed by atoms with van der Waals surface area (Å²) in [6, 6.07) is 0. The van der Waals surface area contributed by atoms with Crippen molar-refractivity contribution in [3.8, 4) is 0 Å². The third-order valence-corrected chi connectivity index (χ3v) is 11.5. The molecule has 0 aromatic rings. The first-order chi connectivity index (χ1) is 34.0. The van der Waals surface area contributed by atoms with Gasteiger partial charge in [0.1, 0.15) is 13.2 Å². The highest BCUT2D eigenvalue weighted by Crippen LogP contribution is 2.14. The lowest BCUT2D eigenvalue weighted by molar-refractivity contribution is -0.166. The molecule has 0 aromatic carbocycles. The Bertz CT molecular complexity index is 1470. The molecule has 6 nitrogen and oxygen atoms in total. The van der Waals surface area contributed by atoms with Crippen molar-refractivity contribution < 1.29 is 28.6 Å². The predicted molar refractivity (Wildman–Crippen MR) is 297 cm³/mol. The monoisotopic (exact) mass is 955 g/mol. The molecule has 0 saturated heterocycles. The number of rotatable bonds is 49. The van der Waals surface area contributed by atoms with Gasteiger partial charge in [-0.05, 0) is 96.3 Å². The Morgan fingerprint density at radius 3 is 1.00 bits per heavy atom. The van der Waals surface area contributed by atoms with Crippen molar-refractivity contribution in [3.05, 3.63) is 122 Å². The molecule has 1 atom stereocenters. The Morgan fingerprint density at radius 2 is 0.609 bits per heavy atom. The summed E-state index contributed by atoms with van der Waals surface area (Å²) in [7, 11) is 0. The van der Waals surface area contributed by atoms with Gasteiger partial charge in [-0.1, -0.05) is 245 Å². The largest absolute Gasteiger partial charge is 0.462 e. The zero-order chi connectivity index (χ0) is 50.0. The maximum absolute atomic E-state index is 12.8. The summed E-state index contributed by atoms with van der Waals surface area (Å²) in [6.07, 6.45) is 77.7. The first-order valence-electron chi connectivity index (χ1n) is 28.0. The lowest BCUT2D eigenvalue weighted by atomic mass is 10.0. The van der Waals surface area contributed by atoms with Gasteiger partial charge >= 0.3 is 17.9 Å². The fourth-order valence-corrected chi connectivity index (χ4v) is 7.28. The first kappa shape index (κ1) is 64.8. The molecule has 0 radical (unpaired) electrons. The fourth-order valence-electron chi connectivity index (χ4n) is 7.28. The van der Waals surface area contributed by atoms with Crippen LogP contribution in [0.4, 0.5) is 0 Å². The summed E-state index contributed by atoms with van der Waals surface area (Å²) in [4.78, 5) is 38.1. The minimum atomic E-state index is -0.843. The number of hydrogen-bond donors (Lipinski definition) is 0. The van der Waals surface area contributed by atoms with Gasteiger partial charge in [0, 0.05) is 19.3 Å². The van der Waals surface area contributed by atoms with Crippen LogP contribution in [0.5, 0.6) is 0 Å². The Kier molecular flexibility index (Phi) is 53.0. The molecule has 0 aliphatic carbocycles. The van der Waals surface area contributed by atoms with Crippen LogP contribution in [-0.4, -0.2) is 37.2 Å². The smallest absolute Gasteiger partial charge is 0.306 e. The maximum atomic E-state index is 12.8. The van der Waals surface area contributed by atoms with Crippen LogP contribution in [0.15, 0.2) is 122 Å². The number of ether oxygens (including phenoxy) is 3. The van der Waals surface area contributed by atoms with Crippen molar-refractivity contribution in [1.82, 2.24) is 0 Å². The fraction of sp³-hybridized carbons (Fsp3) is 0.635. The summed E-state index contributed by atoms with van der Waals surface area (Å²) in [5.74, 6) is -1.07. The van der Waals surface area contributed by atoms with Crippen LogP contribution in [0.1, 0.15) is 239 Å². The van der Waals surface area contributed by atoms with E-state index in [2.05, 4.69) is 130 Å². The minimum Gasteiger partial charge on any atom is -0.462 e. The molecule has 0 aromatic heterocycles. The van der Waals surface area contributed by atoms with Gasteiger partial charge in [-0.15, -0.1) is 0 Å². The second kappa shape index (κ2) is 56.4. The molecule has 0 N–H and O–H groups in total. The normalized spacial score (nSPS) is 13.0. The van der Waals surface area contributed by atoms with Crippen LogP contribution in [0.25, 0.3) is 0 Å². The number of carbonyl (C=O) groups excluding carboxylic acids is 3. The van der Waals surface area contributed by atoms with Crippen LogP contribution in [-0.2, 0) is 28.6 Å². The van der Waals surface area contributed by atoms with E-state index in [-0.39, 0.29) is 38.0 Å². The predicted octanol–water partition coefficient (Wildman–Crippen LogP) is 18.9. The molecule has 0 unspecified atom stereocenters. The van der Waals surface area contributed by atoms with E-state index in [1.165, 1.54) is 103 Å². The average Bonchev–Trinajstić information content (AvgIpc) is 3.35. The molecule has 0 saturated carbocycles. The Balaban J connectivity index is 4.60. The summed E-state index contributed by atoms with van der Waals surface area (Å²) in [5.41, 5.74) is 0. The van der Waals surface area contributed by atoms with E-state index in [1.807, 2.05) is 12.2 Å². The Morgan fingerprint density at radius 1 is 0.304 bits per heavy atom. The van der Waals surface area contributed by atoms with E-state index < -0.39 is 12.1 Å². The van der Waals surface area contributed by atoms with Gasteiger partial charge in [-0.2, -0.15) is 0 Å².